The molecule has 1 amide bonds. The Bertz CT molecular complexity index is 817. The lowest BCUT2D eigenvalue weighted by atomic mass is 9.96. The molecular formula is C20H28N6O. The molecule has 144 valence electrons. The molecule has 2 aromatic rings. The molecule has 4 heterocycles. The van der Waals surface area contributed by atoms with Crippen molar-refractivity contribution in [2.75, 3.05) is 19.6 Å². The first-order valence-electron chi connectivity index (χ1n) is 9.96. The molecule has 0 N–H and O–H groups in total. The lowest BCUT2D eigenvalue weighted by Gasteiger charge is -2.32. The highest BCUT2D eigenvalue weighted by molar-refractivity contribution is 5.73. The highest BCUT2D eigenvalue weighted by atomic mass is 16.2. The molecule has 2 aliphatic heterocycles. The summed E-state index contributed by atoms with van der Waals surface area (Å²) in [6.45, 7) is 9.10. The van der Waals surface area contributed by atoms with Gasteiger partial charge in [0, 0.05) is 69.6 Å². The Morgan fingerprint density at radius 3 is 3.00 bits per heavy atom. The molecule has 2 aromatic heterocycles. The smallest absolute Gasteiger partial charge is 0.219 e. The van der Waals surface area contributed by atoms with Crippen molar-refractivity contribution in [3.8, 4) is 0 Å². The maximum Gasteiger partial charge on any atom is 0.219 e. The van der Waals surface area contributed by atoms with Gasteiger partial charge in [-0.15, -0.1) is 0 Å². The first-order chi connectivity index (χ1) is 13.1. The minimum atomic E-state index is 0.123. The summed E-state index contributed by atoms with van der Waals surface area (Å²) in [6, 6.07) is 0. The fourth-order valence-electron chi connectivity index (χ4n) is 4.19. The molecule has 7 nitrogen and oxygen atoms in total. The van der Waals surface area contributed by atoms with Gasteiger partial charge in [0.05, 0.1) is 12.2 Å². The number of carbonyl (C=O) groups excluding carboxylic acids is 1. The molecular weight excluding hydrogens is 340 g/mol. The maximum absolute atomic E-state index is 11.6. The predicted octanol–water partition coefficient (Wildman–Crippen LogP) is 1.98. The Hall–Kier alpha value is -2.28. The van der Waals surface area contributed by atoms with Crippen molar-refractivity contribution in [1.29, 1.82) is 0 Å². The number of aryl methyl sites for hydroxylation is 1. The van der Waals surface area contributed by atoms with Gasteiger partial charge in [-0.3, -0.25) is 9.69 Å². The van der Waals surface area contributed by atoms with Gasteiger partial charge < -0.3 is 9.47 Å². The van der Waals surface area contributed by atoms with Crippen LogP contribution in [0.5, 0.6) is 0 Å². The van der Waals surface area contributed by atoms with Crippen molar-refractivity contribution in [3.63, 3.8) is 0 Å². The third-order valence-electron chi connectivity index (χ3n) is 5.78. The monoisotopic (exact) mass is 368 g/mol. The third kappa shape index (κ3) is 3.88. The molecule has 0 radical (unpaired) electrons. The van der Waals surface area contributed by atoms with E-state index in [1.165, 1.54) is 0 Å². The summed E-state index contributed by atoms with van der Waals surface area (Å²) in [7, 11) is 0. The van der Waals surface area contributed by atoms with Crippen LogP contribution in [0.2, 0.25) is 0 Å². The lowest BCUT2D eigenvalue weighted by molar-refractivity contribution is -0.129. The summed E-state index contributed by atoms with van der Waals surface area (Å²) >= 11 is 0. The molecule has 0 aromatic carbocycles. The van der Waals surface area contributed by atoms with Crippen LogP contribution in [-0.2, 0) is 30.8 Å². The van der Waals surface area contributed by atoms with Gasteiger partial charge in [0.1, 0.15) is 11.6 Å². The van der Waals surface area contributed by atoms with Crippen LogP contribution in [0.4, 0.5) is 0 Å². The SMILES string of the molecule is CCn1ccnc1CN1CCCC(c2ncc3c(n2)CCN(C(C)=O)C3)C1. The number of carbonyl (C=O) groups is 1. The van der Waals surface area contributed by atoms with E-state index in [0.717, 1.165) is 74.9 Å². The van der Waals surface area contributed by atoms with E-state index in [0.29, 0.717) is 12.5 Å². The summed E-state index contributed by atoms with van der Waals surface area (Å²) in [6.07, 6.45) is 9.00. The van der Waals surface area contributed by atoms with Crippen molar-refractivity contribution in [1.82, 2.24) is 29.3 Å². The molecule has 2 aliphatic rings. The van der Waals surface area contributed by atoms with E-state index in [4.69, 9.17) is 4.98 Å². The van der Waals surface area contributed by atoms with E-state index in [2.05, 4.69) is 26.4 Å². The van der Waals surface area contributed by atoms with Crippen LogP contribution in [0.25, 0.3) is 0 Å². The average molecular weight is 368 g/mol. The van der Waals surface area contributed by atoms with E-state index in [1.807, 2.05) is 23.5 Å². The molecule has 27 heavy (non-hydrogen) atoms. The van der Waals surface area contributed by atoms with Gasteiger partial charge in [-0.1, -0.05) is 0 Å². The van der Waals surface area contributed by atoms with E-state index in [-0.39, 0.29) is 5.91 Å². The van der Waals surface area contributed by atoms with Crippen LogP contribution < -0.4 is 0 Å². The molecule has 7 heteroatoms. The highest BCUT2D eigenvalue weighted by Gasteiger charge is 2.26. The van der Waals surface area contributed by atoms with E-state index in [1.54, 1.807) is 6.92 Å². The van der Waals surface area contributed by atoms with Gasteiger partial charge in [0.25, 0.3) is 0 Å². The van der Waals surface area contributed by atoms with Gasteiger partial charge in [-0.2, -0.15) is 0 Å². The number of imidazole rings is 1. The number of piperidine rings is 1. The van der Waals surface area contributed by atoms with E-state index in [9.17, 15) is 4.79 Å². The zero-order valence-corrected chi connectivity index (χ0v) is 16.3. The fourth-order valence-corrected chi connectivity index (χ4v) is 4.19. The van der Waals surface area contributed by atoms with Gasteiger partial charge in [-0.25, -0.2) is 15.0 Å². The molecule has 1 fully saturated rings. The van der Waals surface area contributed by atoms with Gasteiger partial charge >= 0.3 is 0 Å². The highest BCUT2D eigenvalue weighted by Crippen LogP contribution is 2.27. The number of nitrogens with zero attached hydrogens (tertiary/aromatic N) is 6. The number of aromatic nitrogens is 4. The Kier molecular flexibility index (Phi) is 5.20. The standard InChI is InChI=1S/C20H28N6O/c1-3-25-10-7-21-19(25)14-24-8-4-5-16(12-24)20-22-11-17-13-26(15(2)27)9-6-18(17)23-20/h7,10-11,16H,3-6,8-9,12-14H2,1-2H3. The zero-order valence-electron chi connectivity index (χ0n) is 16.3. The number of likely N-dealkylation sites (tertiary alicyclic amines) is 1. The molecule has 4 rings (SSSR count). The normalized spacial score (nSPS) is 20.5. The number of rotatable bonds is 4. The first kappa shape index (κ1) is 18.1. The van der Waals surface area contributed by atoms with E-state index >= 15 is 0 Å². The molecule has 0 spiro atoms. The van der Waals surface area contributed by atoms with Crippen LogP contribution in [0.3, 0.4) is 0 Å². The quantitative estimate of drug-likeness (QED) is 0.825. The van der Waals surface area contributed by atoms with Gasteiger partial charge in [0.15, 0.2) is 0 Å². The van der Waals surface area contributed by atoms with Crippen LogP contribution in [0, 0.1) is 0 Å². The first-order valence-corrected chi connectivity index (χ1v) is 9.96. The van der Waals surface area contributed by atoms with Gasteiger partial charge in [0.2, 0.25) is 5.91 Å². The van der Waals surface area contributed by atoms with Crippen molar-refractivity contribution < 1.29 is 4.79 Å². The molecule has 1 saturated heterocycles. The topological polar surface area (TPSA) is 67.2 Å². The summed E-state index contributed by atoms with van der Waals surface area (Å²) in [5, 5.41) is 0. The van der Waals surface area contributed by atoms with Crippen molar-refractivity contribution in [2.45, 2.75) is 58.7 Å². The van der Waals surface area contributed by atoms with Crippen molar-refractivity contribution in [3.05, 3.63) is 41.5 Å². The third-order valence-corrected chi connectivity index (χ3v) is 5.78. The fraction of sp³-hybridized carbons (Fsp3) is 0.600. The van der Waals surface area contributed by atoms with Crippen LogP contribution in [0.15, 0.2) is 18.6 Å². The molecule has 0 saturated carbocycles. The van der Waals surface area contributed by atoms with Crippen molar-refractivity contribution in [2.24, 2.45) is 0 Å². The Morgan fingerprint density at radius 2 is 2.19 bits per heavy atom. The zero-order chi connectivity index (χ0) is 18.8. The lowest BCUT2D eigenvalue weighted by Crippen LogP contribution is -2.37. The molecule has 1 unspecified atom stereocenters. The summed E-state index contributed by atoms with van der Waals surface area (Å²) < 4.78 is 2.21. The van der Waals surface area contributed by atoms with Gasteiger partial charge in [-0.05, 0) is 26.3 Å². The minimum Gasteiger partial charge on any atom is -0.338 e. The second-order valence-electron chi connectivity index (χ2n) is 7.59. The van der Waals surface area contributed by atoms with Crippen LogP contribution >= 0.6 is 0 Å². The summed E-state index contributed by atoms with van der Waals surface area (Å²) in [5.41, 5.74) is 2.22. The second-order valence-corrected chi connectivity index (χ2v) is 7.59. The predicted molar refractivity (Wildman–Crippen MR) is 102 cm³/mol. The number of fused-ring (bicyclic) bond motifs is 1. The largest absolute Gasteiger partial charge is 0.338 e. The number of amides is 1. The molecule has 0 aliphatic carbocycles. The minimum absolute atomic E-state index is 0.123. The Labute approximate surface area is 160 Å². The number of hydrogen-bond acceptors (Lipinski definition) is 5. The Balaban J connectivity index is 1.45. The maximum atomic E-state index is 11.6. The molecule has 1 atom stereocenters. The Morgan fingerprint density at radius 1 is 1.30 bits per heavy atom. The molecule has 0 bridgehead atoms. The summed E-state index contributed by atoms with van der Waals surface area (Å²) in [4.78, 5) is 30.0. The average Bonchev–Trinajstić information content (AvgIpc) is 3.14. The summed E-state index contributed by atoms with van der Waals surface area (Å²) in [5.74, 6) is 2.60. The number of hydrogen-bond donors (Lipinski definition) is 0. The second kappa shape index (κ2) is 7.76. The van der Waals surface area contributed by atoms with Crippen molar-refractivity contribution >= 4 is 5.91 Å². The van der Waals surface area contributed by atoms with Crippen LogP contribution in [-0.4, -0.2) is 54.9 Å². The van der Waals surface area contributed by atoms with E-state index < -0.39 is 0 Å². The van der Waals surface area contributed by atoms with Crippen LogP contribution in [0.1, 0.15) is 55.5 Å².